The van der Waals surface area contributed by atoms with Crippen LogP contribution in [-0.4, -0.2) is 31.6 Å². The van der Waals surface area contributed by atoms with Gasteiger partial charge >= 0.3 is 5.97 Å². The van der Waals surface area contributed by atoms with Crippen molar-refractivity contribution in [1.82, 2.24) is 0 Å². The molecule has 0 spiro atoms. The van der Waals surface area contributed by atoms with Crippen molar-refractivity contribution in [2.24, 2.45) is 11.7 Å². The largest absolute Gasteiger partial charge is 0.462 e. The minimum Gasteiger partial charge on any atom is -0.462 e. The highest BCUT2D eigenvalue weighted by Crippen LogP contribution is 2.40. The van der Waals surface area contributed by atoms with Gasteiger partial charge < -0.3 is 21.1 Å². The van der Waals surface area contributed by atoms with Crippen molar-refractivity contribution >= 4 is 33.9 Å². The summed E-state index contributed by atoms with van der Waals surface area (Å²) in [7, 11) is 0. The fourth-order valence-corrected chi connectivity index (χ4v) is 3.52. The first-order chi connectivity index (χ1) is 9.45. The van der Waals surface area contributed by atoms with Gasteiger partial charge in [-0.15, -0.1) is 11.3 Å². The smallest absolute Gasteiger partial charge is 0.350 e. The lowest BCUT2D eigenvalue weighted by molar-refractivity contribution is 0.0533. The summed E-state index contributed by atoms with van der Waals surface area (Å²) < 4.78 is 4.96. The number of hydrogen-bond acceptors (Lipinski definition) is 6. The second-order valence-corrected chi connectivity index (χ2v) is 5.95. The molecule has 1 unspecified atom stereocenters. The van der Waals surface area contributed by atoms with Crippen LogP contribution in [0.3, 0.4) is 0 Å². The van der Waals surface area contributed by atoms with E-state index in [-0.39, 0.29) is 22.7 Å². The highest BCUT2D eigenvalue weighted by molar-refractivity contribution is 7.19. The number of nitrogens with two attached hydrogens (primary N) is 2. The molecule has 1 aliphatic rings. The molecule has 20 heavy (non-hydrogen) atoms. The van der Waals surface area contributed by atoms with E-state index >= 15 is 0 Å². The zero-order valence-corrected chi connectivity index (χ0v) is 12.5. The zero-order valence-electron chi connectivity index (χ0n) is 11.6. The van der Waals surface area contributed by atoms with Crippen molar-refractivity contribution in [3.63, 3.8) is 0 Å². The van der Waals surface area contributed by atoms with Gasteiger partial charge in [-0.1, -0.05) is 6.92 Å². The van der Waals surface area contributed by atoms with E-state index < -0.39 is 11.9 Å². The van der Waals surface area contributed by atoms with Gasteiger partial charge in [-0.25, -0.2) is 4.79 Å². The summed E-state index contributed by atoms with van der Waals surface area (Å²) in [6, 6.07) is 0. The fraction of sp³-hybridized carbons (Fsp3) is 0.538. The molecule has 0 aromatic carbocycles. The van der Waals surface area contributed by atoms with E-state index in [1.165, 1.54) is 11.3 Å². The third-order valence-electron chi connectivity index (χ3n) is 3.34. The van der Waals surface area contributed by atoms with Gasteiger partial charge in [-0.2, -0.15) is 0 Å². The molecule has 2 heterocycles. The first kappa shape index (κ1) is 14.6. The Hall–Kier alpha value is -1.76. The number of hydrogen-bond donors (Lipinski definition) is 2. The zero-order chi connectivity index (χ0) is 14.9. The van der Waals surface area contributed by atoms with Crippen LogP contribution in [-0.2, 0) is 4.74 Å². The van der Waals surface area contributed by atoms with Crippen LogP contribution in [0.25, 0.3) is 0 Å². The Bertz CT molecular complexity index is 541. The summed E-state index contributed by atoms with van der Waals surface area (Å²) in [4.78, 5) is 25.8. The first-order valence-electron chi connectivity index (χ1n) is 6.59. The molecule has 4 N–H and O–H groups in total. The number of rotatable bonds is 4. The van der Waals surface area contributed by atoms with Gasteiger partial charge in [0.1, 0.15) is 9.88 Å². The van der Waals surface area contributed by atoms with E-state index in [9.17, 15) is 9.59 Å². The molecule has 0 aliphatic carbocycles. The van der Waals surface area contributed by atoms with Gasteiger partial charge in [0.15, 0.2) is 0 Å². The van der Waals surface area contributed by atoms with Crippen LogP contribution in [0.2, 0.25) is 0 Å². The van der Waals surface area contributed by atoms with Gasteiger partial charge in [0.25, 0.3) is 5.91 Å². The first-order valence-corrected chi connectivity index (χ1v) is 7.41. The number of nitrogens with zero attached hydrogens (tertiary/aromatic N) is 1. The lowest BCUT2D eigenvalue weighted by atomic mass is 10.2. The van der Waals surface area contributed by atoms with E-state index in [1.807, 2.05) is 0 Å². The molecule has 1 aromatic heterocycles. The Morgan fingerprint density at radius 3 is 2.70 bits per heavy atom. The molecule has 1 aliphatic heterocycles. The molecular weight excluding hydrogens is 278 g/mol. The Balaban J connectivity index is 2.42. The topological polar surface area (TPSA) is 98.6 Å². The monoisotopic (exact) mass is 297 g/mol. The van der Waals surface area contributed by atoms with Crippen molar-refractivity contribution in [3.05, 3.63) is 10.4 Å². The molecule has 0 radical (unpaired) electrons. The van der Waals surface area contributed by atoms with Gasteiger partial charge in [0.05, 0.1) is 17.9 Å². The Kier molecular flexibility index (Phi) is 4.17. The van der Waals surface area contributed by atoms with Crippen LogP contribution in [0.15, 0.2) is 0 Å². The lowest BCUT2D eigenvalue weighted by Gasteiger charge is -2.17. The van der Waals surface area contributed by atoms with Crippen molar-refractivity contribution in [1.29, 1.82) is 0 Å². The maximum absolute atomic E-state index is 11.9. The molecule has 2 rings (SSSR count). The van der Waals surface area contributed by atoms with Crippen LogP contribution in [0.5, 0.6) is 0 Å². The van der Waals surface area contributed by atoms with Crippen LogP contribution in [0.1, 0.15) is 40.3 Å². The van der Waals surface area contributed by atoms with Gasteiger partial charge in [0, 0.05) is 13.1 Å². The Morgan fingerprint density at radius 2 is 2.20 bits per heavy atom. The van der Waals surface area contributed by atoms with Crippen molar-refractivity contribution in [3.8, 4) is 0 Å². The average molecular weight is 297 g/mol. The van der Waals surface area contributed by atoms with Crippen LogP contribution in [0, 0.1) is 5.92 Å². The minimum atomic E-state index is -0.608. The SMILES string of the molecule is CCOC(=O)c1sc(N2CCC(C)C2)c(C(N)=O)c1N. The number of nitrogen functional groups attached to an aromatic ring is 1. The lowest BCUT2D eigenvalue weighted by Crippen LogP contribution is -2.22. The van der Waals surface area contributed by atoms with E-state index in [0.717, 1.165) is 19.5 Å². The maximum Gasteiger partial charge on any atom is 0.350 e. The number of anilines is 2. The highest BCUT2D eigenvalue weighted by atomic mass is 32.1. The van der Waals surface area contributed by atoms with Crippen LogP contribution >= 0.6 is 11.3 Å². The second-order valence-electron chi connectivity index (χ2n) is 4.95. The van der Waals surface area contributed by atoms with Gasteiger partial charge in [-0.05, 0) is 19.3 Å². The molecule has 0 saturated carbocycles. The summed E-state index contributed by atoms with van der Waals surface area (Å²) in [6.07, 6.45) is 1.05. The molecular formula is C13H19N3O3S. The van der Waals surface area contributed by atoms with Crippen molar-refractivity contribution in [2.75, 3.05) is 30.3 Å². The van der Waals surface area contributed by atoms with Gasteiger partial charge in [0.2, 0.25) is 0 Å². The second kappa shape index (κ2) is 5.70. The van der Waals surface area contributed by atoms with E-state index in [1.54, 1.807) is 6.92 Å². The summed E-state index contributed by atoms with van der Waals surface area (Å²) in [6.45, 7) is 5.80. The normalized spacial score (nSPS) is 18.3. The molecule has 1 aromatic rings. The predicted octanol–water partition coefficient (Wildman–Crippen LogP) is 1.45. The van der Waals surface area contributed by atoms with E-state index in [0.29, 0.717) is 10.9 Å². The third kappa shape index (κ3) is 2.58. The number of esters is 1. The van der Waals surface area contributed by atoms with E-state index in [2.05, 4.69) is 11.8 Å². The van der Waals surface area contributed by atoms with Gasteiger partial charge in [-0.3, -0.25) is 4.79 Å². The Labute approximate surface area is 121 Å². The highest BCUT2D eigenvalue weighted by Gasteiger charge is 2.30. The molecule has 1 amide bonds. The average Bonchev–Trinajstić information content (AvgIpc) is 2.93. The molecule has 1 fully saturated rings. The summed E-state index contributed by atoms with van der Waals surface area (Å²) in [5.41, 5.74) is 11.7. The van der Waals surface area contributed by atoms with Crippen molar-refractivity contribution < 1.29 is 14.3 Å². The fourth-order valence-electron chi connectivity index (χ4n) is 2.36. The molecule has 1 saturated heterocycles. The van der Waals surface area contributed by atoms with Crippen molar-refractivity contribution in [2.45, 2.75) is 20.3 Å². The molecule has 1 atom stereocenters. The number of carbonyl (C=O) groups is 2. The molecule has 110 valence electrons. The summed E-state index contributed by atoms with van der Waals surface area (Å²) >= 11 is 1.19. The number of thiophene rings is 1. The Morgan fingerprint density at radius 1 is 1.50 bits per heavy atom. The number of amides is 1. The molecule has 0 bridgehead atoms. The quantitative estimate of drug-likeness (QED) is 0.820. The predicted molar refractivity (Wildman–Crippen MR) is 79.2 cm³/mol. The van der Waals surface area contributed by atoms with Crippen LogP contribution < -0.4 is 16.4 Å². The standard InChI is InChI=1S/C13H19N3O3S/c1-3-19-13(18)10-9(14)8(11(15)17)12(20-10)16-5-4-7(2)6-16/h7H,3-6,14H2,1-2H3,(H2,15,17). The number of ether oxygens (including phenoxy) is 1. The number of primary amides is 1. The summed E-state index contributed by atoms with van der Waals surface area (Å²) in [5.74, 6) is -0.565. The summed E-state index contributed by atoms with van der Waals surface area (Å²) in [5, 5.41) is 0.683. The van der Waals surface area contributed by atoms with Crippen LogP contribution in [0.4, 0.5) is 10.7 Å². The molecule has 7 heteroatoms. The number of carbonyl (C=O) groups excluding carboxylic acids is 2. The maximum atomic E-state index is 11.9. The minimum absolute atomic E-state index is 0.135. The third-order valence-corrected chi connectivity index (χ3v) is 4.59. The van der Waals surface area contributed by atoms with E-state index in [4.69, 9.17) is 16.2 Å². The molecule has 6 nitrogen and oxygen atoms in total.